The van der Waals surface area contributed by atoms with Crippen molar-refractivity contribution in [3.63, 3.8) is 0 Å². The minimum atomic E-state index is -4.88. The van der Waals surface area contributed by atoms with E-state index in [-0.39, 0.29) is 16.4 Å². The van der Waals surface area contributed by atoms with Gasteiger partial charge in [0.2, 0.25) is 0 Å². The third kappa shape index (κ3) is 6.05. The van der Waals surface area contributed by atoms with Crippen LogP contribution in [0.15, 0.2) is 59.9 Å². The van der Waals surface area contributed by atoms with E-state index in [1.165, 1.54) is 19.4 Å². The van der Waals surface area contributed by atoms with Crippen LogP contribution in [-0.2, 0) is 20.9 Å². The monoisotopic (exact) mass is 654 g/mol. The summed E-state index contributed by atoms with van der Waals surface area (Å²) >= 11 is 5.75. The van der Waals surface area contributed by atoms with Crippen molar-refractivity contribution >= 4 is 46.6 Å². The number of aliphatic hydroxyl groups excluding tert-OH is 1. The highest BCUT2D eigenvalue weighted by atomic mass is 35.5. The standard InChI is InChI=1S/C29H34ClF3N4O4SSi/c1-18-14-24(36(17-41-5)42(39,40)19-8-9-23(30)22(15-19)29(31,32)33)25(35-16-18)26(38)20-10-12-34-27-21(20)11-13-37(27)43(6,7)28(2,3)4/h8-16,26,38H,17H2,1-7H3. The maximum atomic E-state index is 13.9. The molecule has 4 rings (SSSR count). The average Bonchev–Trinajstić information content (AvgIpc) is 3.35. The van der Waals surface area contributed by atoms with Gasteiger partial charge in [-0.3, -0.25) is 4.98 Å². The Hall–Kier alpha value is -2.97. The minimum Gasteiger partial charge on any atom is -0.382 e. The fraction of sp³-hybridized carbons (Fsp3) is 0.379. The van der Waals surface area contributed by atoms with Crippen LogP contribution in [0, 0.1) is 6.92 Å². The van der Waals surface area contributed by atoms with Crippen LogP contribution in [0.2, 0.25) is 23.2 Å². The van der Waals surface area contributed by atoms with Crippen molar-refractivity contribution in [2.45, 2.75) is 63.0 Å². The minimum absolute atomic E-state index is 0.0103. The highest BCUT2D eigenvalue weighted by Gasteiger charge is 2.39. The second-order valence-electron chi connectivity index (χ2n) is 11.9. The third-order valence-electron chi connectivity index (χ3n) is 7.99. The smallest absolute Gasteiger partial charge is 0.382 e. The SMILES string of the molecule is COCN(c1cc(C)cnc1C(O)c1ccnc2c1ccn2[Si](C)(C)C(C)(C)C)S(=O)(=O)c1ccc(Cl)c(C(F)(F)F)c1. The Morgan fingerprint density at radius 2 is 1.79 bits per heavy atom. The predicted octanol–water partition coefficient (Wildman–Crippen LogP) is 7.15. The van der Waals surface area contributed by atoms with E-state index in [1.807, 2.05) is 12.3 Å². The summed E-state index contributed by atoms with van der Waals surface area (Å²) in [6.45, 7) is 12.1. The largest absolute Gasteiger partial charge is 0.417 e. The molecule has 0 amide bonds. The molecule has 0 aliphatic heterocycles. The number of fused-ring (bicyclic) bond motifs is 1. The van der Waals surface area contributed by atoms with Gasteiger partial charge in [0.1, 0.15) is 18.5 Å². The first-order chi connectivity index (χ1) is 19.8. The molecule has 8 nitrogen and oxygen atoms in total. The molecule has 0 radical (unpaired) electrons. The molecule has 0 aliphatic rings. The number of ether oxygens (including phenoxy) is 1. The first-order valence-corrected chi connectivity index (χ1v) is 18.1. The van der Waals surface area contributed by atoms with Crippen molar-refractivity contribution in [3.8, 4) is 0 Å². The van der Waals surface area contributed by atoms with Crippen LogP contribution < -0.4 is 4.31 Å². The molecular weight excluding hydrogens is 621 g/mol. The fourth-order valence-corrected chi connectivity index (χ4v) is 8.14. The first-order valence-electron chi connectivity index (χ1n) is 13.3. The third-order valence-corrected chi connectivity index (χ3v) is 15.3. The molecule has 3 heterocycles. The van der Waals surface area contributed by atoms with Gasteiger partial charge in [0.15, 0.2) is 8.24 Å². The number of hydrogen-bond donors (Lipinski definition) is 1. The number of halogens is 4. The zero-order valence-corrected chi connectivity index (χ0v) is 27.4. The van der Waals surface area contributed by atoms with Crippen LogP contribution in [0.3, 0.4) is 0 Å². The number of methoxy groups -OCH3 is 1. The van der Waals surface area contributed by atoms with Crippen molar-refractivity contribution in [1.29, 1.82) is 0 Å². The molecule has 3 aromatic heterocycles. The second-order valence-corrected chi connectivity index (χ2v) is 19.2. The Labute approximate surface area is 255 Å². The van der Waals surface area contributed by atoms with Crippen LogP contribution in [0.4, 0.5) is 18.9 Å². The second kappa shape index (κ2) is 11.5. The van der Waals surface area contributed by atoms with Crippen LogP contribution in [0.1, 0.15) is 49.3 Å². The Kier molecular flexibility index (Phi) is 8.81. The van der Waals surface area contributed by atoms with Gasteiger partial charge in [-0.05, 0) is 65.7 Å². The summed E-state index contributed by atoms with van der Waals surface area (Å²) in [4.78, 5) is 8.36. The first kappa shape index (κ1) is 32.9. The van der Waals surface area contributed by atoms with Crippen molar-refractivity contribution in [1.82, 2.24) is 14.2 Å². The number of pyridine rings is 2. The summed E-state index contributed by atoms with van der Waals surface area (Å²) in [5.74, 6) is 0. The van der Waals surface area contributed by atoms with E-state index in [4.69, 9.17) is 16.3 Å². The van der Waals surface area contributed by atoms with Crippen molar-refractivity contribution in [3.05, 3.63) is 82.4 Å². The summed E-state index contributed by atoms with van der Waals surface area (Å²) < 4.78 is 76.7. The lowest BCUT2D eigenvalue weighted by molar-refractivity contribution is -0.137. The molecule has 1 aromatic carbocycles. The van der Waals surface area contributed by atoms with Crippen molar-refractivity contribution in [2.75, 3.05) is 18.1 Å². The maximum absolute atomic E-state index is 13.9. The normalized spacial score (nSPS) is 13.9. The quantitative estimate of drug-likeness (QED) is 0.160. The molecule has 43 heavy (non-hydrogen) atoms. The number of aliphatic hydroxyl groups is 1. The lowest BCUT2D eigenvalue weighted by Gasteiger charge is -2.38. The van der Waals surface area contributed by atoms with Crippen LogP contribution >= 0.6 is 11.6 Å². The van der Waals surface area contributed by atoms with Crippen LogP contribution in [0.5, 0.6) is 0 Å². The number of nitrogens with zero attached hydrogens (tertiary/aromatic N) is 4. The number of anilines is 1. The molecule has 1 N–H and O–H groups in total. The van der Waals surface area contributed by atoms with Gasteiger partial charge in [0, 0.05) is 24.9 Å². The van der Waals surface area contributed by atoms with E-state index in [0.717, 1.165) is 16.4 Å². The Balaban J connectivity index is 1.89. The Morgan fingerprint density at radius 3 is 2.40 bits per heavy atom. The van der Waals surface area contributed by atoms with Gasteiger partial charge in [-0.25, -0.2) is 17.7 Å². The molecule has 0 spiro atoms. The molecule has 4 aromatic rings. The van der Waals surface area contributed by atoms with E-state index >= 15 is 0 Å². The molecule has 1 unspecified atom stereocenters. The van der Waals surface area contributed by atoms with E-state index in [9.17, 15) is 26.7 Å². The van der Waals surface area contributed by atoms with Gasteiger partial charge >= 0.3 is 6.18 Å². The molecule has 0 bridgehead atoms. The van der Waals surface area contributed by atoms with E-state index in [1.54, 1.807) is 19.2 Å². The lowest BCUT2D eigenvalue weighted by atomic mass is 10.0. The topological polar surface area (TPSA) is 97.6 Å². The van der Waals surface area contributed by atoms with Crippen LogP contribution in [-0.4, -0.2) is 49.8 Å². The molecule has 0 fully saturated rings. The molecule has 0 saturated heterocycles. The van der Waals surface area contributed by atoms with E-state index in [2.05, 4.69) is 48.1 Å². The number of rotatable bonds is 8. The molecule has 0 saturated carbocycles. The van der Waals surface area contributed by atoms with Gasteiger partial charge in [0.05, 0.1) is 26.9 Å². The van der Waals surface area contributed by atoms with Crippen molar-refractivity contribution in [2.24, 2.45) is 0 Å². The van der Waals surface area contributed by atoms with Gasteiger partial charge in [-0.15, -0.1) is 0 Å². The van der Waals surface area contributed by atoms with Gasteiger partial charge in [-0.2, -0.15) is 13.2 Å². The number of aromatic nitrogens is 3. The lowest BCUT2D eigenvalue weighted by Crippen LogP contribution is -2.45. The Morgan fingerprint density at radius 1 is 1.12 bits per heavy atom. The molecule has 14 heteroatoms. The van der Waals surface area contributed by atoms with Crippen molar-refractivity contribution < 1.29 is 31.4 Å². The predicted molar refractivity (Wildman–Crippen MR) is 163 cm³/mol. The number of alkyl halides is 3. The van der Waals surface area contributed by atoms with Gasteiger partial charge < -0.3 is 14.1 Å². The molecule has 232 valence electrons. The fourth-order valence-electron chi connectivity index (χ4n) is 4.63. The van der Waals surface area contributed by atoms with E-state index < -0.39 is 52.8 Å². The highest BCUT2D eigenvalue weighted by molar-refractivity contribution is 7.92. The summed E-state index contributed by atoms with van der Waals surface area (Å²) in [5, 5.41) is 11.8. The molecule has 1 atom stereocenters. The van der Waals surface area contributed by atoms with Gasteiger partial charge in [-0.1, -0.05) is 45.5 Å². The molecular formula is C29H34ClF3N4O4SSi. The summed E-state index contributed by atoms with van der Waals surface area (Å²) in [7, 11) is -5.50. The maximum Gasteiger partial charge on any atom is 0.417 e. The zero-order valence-electron chi connectivity index (χ0n) is 24.9. The zero-order chi connectivity index (χ0) is 32.1. The number of hydrogen-bond acceptors (Lipinski definition) is 6. The number of benzene rings is 1. The molecule has 0 aliphatic carbocycles. The van der Waals surface area contributed by atoms with Gasteiger partial charge in [0.25, 0.3) is 10.0 Å². The highest BCUT2D eigenvalue weighted by Crippen LogP contribution is 2.41. The summed E-state index contributed by atoms with van der Waals surface area (Å²) in [6.07, 6.45) is -1.29. The van der Waals surface area contributed by atoms with E-state index in [0.29, 0.717) is 28.2 Å². The number of sulfonamides is 1. The van der Waals surface area contributed by atoms with Crippen LogP contribution in [0.25, 0.3) is 11.0 Å². The number of aryl methyl sites for hydroxylation is 1. The summed E-state index contributed by atoms with van der Waals surface area (Å²) in [5.41, 5.74) is 0.314. The average molecular weight is 655 g/mol. The Bertz CT molecular complexity index is 1770. The summed E-state index contributed by atoms with van der Waals surface area (Å²) in [6, 6.07) is 7.35.